The van der Waals surface area contributed by atoms with Crippen LogP contribution in [0.3, 0.4) is 0 Å². The summed E-state index contributed by atoms with van der Waals surface area (Å²) in [5.41, 5.74) is 8.12. The molecule has 2 aromatic rings. The maximum absolute atomic E-state index is 12.2. The van der Waals surface area contributed by atoms with Crippen LogP contribution in [-0.2, 0) is 9.59 Å². The van der Waals surface area contributed by atoms with Crippen LogP contribution in [0.2, 0.25) is 10.0 Å². The van der Waals surface area contributed by atoms with Crippen molar-refractivity contribution in [3.63, 3.8) is 0 Å². The fraction of sp³-hybridized carbons (Fsp3) is 0.250. The zero-order chi connectivity index (χ0) is 22.1. The first-order valence-corrected chi connectivity index (χ1v) is 9.68. The number of nitrogens with two attached hydrogens (primary N) is 1. The van der Waals surface area contributed by atoms with Gasteiger partial charge in [0.25, 0.3) is 11.8 Å². The number of rotatable bonds is 10. The molecule has 3 N–H and O–H groups in total. The number of hydrogen-bond acceptors (Lipinski definition) is 6. The number of carbonyl (C=O) groups is 2. The number of nitrogens with one attached hydrogen (secondary N) is 1. The maximum atomic E-state index is 12.2. The number of halogens is 2. The number of primary amides is 1. The fourth-order valence-corrected chi connectivity index (χ4v) is 2.67. The third-order valence-electron chi connectivity index (χ3n) is 3.59. The molecular formula is C20H21Cl2N3O5. The summed E-state index contributed by atoms with van der Waals surface area (Å²) in [6.45, 7) is 3.51. The lowest BCUT2D eigenvalue weighted by Crippen LogP contribution is -2.33. The quantitative estimate of drug-likeness (QED) is 0.423. The van der Waals surface area contributed by atoms with Crippen molar-refractivity contribution in [2.75, 3.05) is 13.2 Å². The Hall–Kier alpha value is -2.97. The zero-order valence-electron chi connectivity index (χ0n) is 16.4. The molecule has 0 fully saturated rings. The van der Waals surface area contributed by atoms with Crippen LogP contribution < -0.4 is 25.4 Å². The molecule has 0 aliphatic heterocycles. The van der Waals surface area contributed by atoms with Crippen molar-refractivity contribution in [2.24, 2.45) is 10.8 Å². The van der Waals surface area contributed by atoms with Crippen molar-refractivity contribution in [3.05, 3.63) is 52.0 Å². The summed E-state index contributed by atoms with van der Waals surface area (Å²) in [6, 6.07) is 9.66. The summed E-state index contributed by atoms with van der Waals surface area (Å²) in [7, 11) is 0. The van der Waals surface area contributed by atoms with Crippen LogP contribution in [0.15, 0.2) is 41.5 Å². The van der Waals surface area contributed by atoms with Crippen molar-refractivity contribution in [2.45, 2.75) is 20.0 Å². The molecule has 1 atom stereocenters. The SMILES string of the molecule is CCOc1cc(C=NNC(=O)C(C)Oc2ccc(Cl)cc2Cl)ccc1OCC(N)=O. The third kappa shape index (κ3) is 7.13. The Kier molecular flexibility index (Phi) is 8.76. The first kappa shape index (κ1) is 23.3. The number of benzene rings is 2. The molecule has 30 heavy (non-hydrogen) atoms. The normalized spacial score (nSPS) is 11.7. The summed E-state index contributed by atoms with van der Waals surface area (Å²) in [5, 5.41) is 4.68. The van der Waals surface area contributed by atoms with Crippen molar-refractivity contribution in [1.82, 2.24) is 5.43 Å². The minimum atomic E-state index is -0.843. The van der Waals surface area contributed by atoms with E-state index in [0.29, 0.717) is 39.5 Å². The van der Waals surface area contributed by atoms with Crippen LogP contribution in [0, 0.1) is 0 Å². The van der Waals surface area contributed by atoms with Crippen LogP contribution in [0.25, 0.3) is 0 Å². The van der Waals surface area contributed by atoms with Gasteiger partial charge in [0.15, 0.2) is 24.2 Å². The van der Waals surface area contributed by atoms with Crippen LogP contribution in [0.1, 0.15) is 19.4 Å². The molecule has 0 aliphatic rings. The lowest BCUT2D eigenvalue weighted by Gasteiger charge is -2.14. The molecule has 0 saturated heterocycles. The van der Waals surface area contributed by atoms with E-state index in [2.05, 4.69) is 10.5 Å². The van der Waals surface area contributed by atoms with Crippen molar-refractivity contribution < 1.29 is 23.8 Å². The summed E-state index contributed by atoms with van der Waals surface area (Å²) < 4.78 is 16.3. The van der Waals surface area contributed by atoms with Crippen LogP contribution >= 0.6 is 23.2 Å². The summed E-state index contributed by atoms with van der Waals surface area (Å²) in [5.74, 6) is 0.0631. The van der Waals surface area contributed by atoms with E-state index < -0.39 is 17.9 Å². The molecule has 0 radical (unpaired) electrons. The highest BCUT2D eigenvalue weighted by atomic mass is 35.5. The predicted octanol–water partition coefficient (Wildman–Crippen LogP) is 3.17. The molecule has 160 valence electrons. The van der Waals surface area contributed by atoms with Crippen molar-refractivity contribution in [1.29, 1.82) is 0 Å². The zero-order valence-corrected chi connectivity index (χ0v) is 17.9. The second kappa shape index (κ2) is 11.3. The Bertz CT molecular complexity index is 937. The van der Waals surface area contributed by atoms with Crippen molar-refractivity contribution >= 4 is 41.2 Å². The second-order valence-electron chi connectivity index (χ2n) is 5.96. The number of amides is 2. The summed E-state index contributed by atoms with van der Waals surface area (Å²) in [6.07, 6.45) is 0.588. The second-order valence-corrected chi connectivity index (χ2v) is 6.81. The number of carbonyl (C=O) groups excluding carboxylic acids is 2. The van der Waals surface area contributed by atoms with E-state index in [1.165, 1.54) is 12.3 Å². The first-order chi connectivity index (χ1) is 14.3. The Labute approximate surface area is 183 Å². The highest BCUT2D eigenvalue weighted by Crippen LogP contribution is 2.29. The molecule has 0 spiro atoms. The van der Waals surface area contributed by atoms with E-state index in [1.54, 1.807) is 37.3 Å². The minimum Gasteiger partial charge on any atom is -0.490 e. The Morgan fingerprint density at radius 3 is 2.53 bits per heavy atom. The molecule has 0 aliphatic carbocycles. The van der Waals surface area contributed by atoms with Gasteiger partial charge in [-0.2, -0.15) is 5.10 Å². The molecular weight excluding hydrogens is 433 g/mol. The molecule has 8 nitrogen and oxygen atoms in total. The van der Waals surface area contributed by atoms with Gasteiger partial charge in [-0.1, -0.05) is 23.2 Å². The summed E-state index contributed by atoms with van der Waals surface area (Å²) >= 11 is 11.9. The third-order valence-corrected chi connectivity index (χ3v) is 4.12. The molecule has 2 aromatic carbocycles. The van der Waals surface area contributed by atoms with E-state index in [9.17, 15) is 9.59 Å². The highest BCUT2D eigenvalue weighted by Gasteiger charge is 2.16. The average molecular weight is 454 g/mol. The smallest absolute Gasteiger partial charge is 0.280 e. The van der Waals surface area contributed by atoms with Gasteiger partial charge in [-0.25, -0.2) is 5.43 Å². The first-order valence-electron chi connectivity index (χ1n) is 8.92. The van der Waals surface area contributed by atoms with Crippen LogP contribution in [0.4, 0.5) is 0 Å². The van der Waals surface area contributed by atoms with Crippen LogP contribution in [-0.4, -0.2) is 37.3 Å². The fourth-order valence-electron chi connectivity index (χ4n) is 2.22. The van der Waals surface area contributed by atoms with Gasteiger partial charge in [-0.15, -0.1) is 0 Å². The largest absolute Gasteiger partial charge is 0.490 e. The van der Waals surface area contributed by atoms with Gasteiger partial charge < -0.3 is 19.9 Å². The van der Waals surface area contributed by atoms with Gasteiger partial charge in [-0.3, -0.25) is 9.59 Å². The Morgan fingerprint density at radius 1 is 1.13 bits per heavy atom. The number of hydrogen-bond donors (Lipinski definition) is 2. The number of nitrogens with zero attached hydrogens (tertiary/aromatic N) is 1. The van der Waals surface area contributed by atoms with Gasteiger partial charge >= 0.3 is 0 Å². The van der Waals surface area contributed by atoms with Gasteiger partial charge in [0.05, 0.1) is 17.8 Å². The van der Waals surface area contributed by atoms with Gasteiger partial charge in [-0.05, 0) is 55.8 Å². The van der Waals surface area contributed by atoms with E-state index >= 15 is 0 Å². The molecule has 0 heterocycles. The highest BCUT2D eigenvalue weighted by molar-refractivity contribution is 6.35. The van der Waals surface area contributed by atoms with Gasteiger partial charge in [0.2, 0.25) is 0 Å². The molecule has 1 unspecified atom stereocenters. The van der Waals surface area contributed by atoms with Crippen LogP contribution in [0.5, 0.6) is 17.2 Å². The number of ether oxygens (including phenoxy) is 3. The van der Waals surface area contributed by atoms with E-state index in [0.717, 1.165) is 0 Å². The molecule has 10 heteroatoms. The molecule has 0 saturated carbocycles. The lowest BCUT2D eigenvalue weighted by atomic mass is 10.2. The number of hydrazone groups is 1. The van der Waals surface area contributed by atoms with Gasteiger partial charge in [0, 0.05) is 5.02 Å². The standard InChI is InChI=1S/C20H21Cl2N3O5/c1-3-28-18-8-13(4-6-17(18)29-11-19(23)26)10-24-25-20(27)12(2)30-16-7-5-14(21)9-15(16)22/h4-10,12H,3,11H2,1-2H3,(H2,23,26)(H,25,27). The van der Waals surface area contributed by atoms with Gasteiger partial charge in [0.1, 0.15) is 5.75 Å². The van der Waals surface area contributed by atoms with E-state index in [1.807, 2.05) is 6.92 Å². The Morgan fingerprint density at radius 2 is 1.87 bits per heavy atom. The molecule has 0 bridgehead atoms. The maximum Gasteiger partial charge on any atom is 0.280 e. The van der Waals surface area contributed by atoms with Crippen molar-refractivity contribution in [3.8, 4) is 17.2 Å². The lowest BCUT2D eigenvalue weighted by molar-refractivity contribution is -0.127. The monoisotopic (exact) mass is 453 g/mol. The predicted molar refractivity (Wildman–Crippen MR) is 115 cm³/mol. The Balaban J connectivity index is 1.98. The molecule has 0 aromatic heterocycles. The molecule has 2 amide bonds. The topological polar surface area (TPSA) is 112 Å². The average Bonchev–Trinajstić information content (AvgIpc) is 2.69. The molecule has 2 rings (SSSR count). The minimum absolute atomic E-state index is 0.265. The van der Waals surface area contributed by atoms with E-state index in [-0.39, 0.29) is 6.61 Å². The van der Waals surface area contributed by atoms with E-state index in [4.69, 9.17) is 43.1 Å². The summed E-state index contributed by atoms with van der Waals surface area (Å²) in [4.78, 5) is 23.1.